The molecule has 1 atom stereocenters. The molecule has 0 radical (unpaired) electrons. The van der Waals surface area contributed by atoms with E-state index in [2.05, 4.69) is 45.1 Å². The van der Waals surface area contributed by atoms with E-state index in [9.17, 15) is 14.4 Å². The van der Waals surface area contributed by atoms with Crippen LogP contribution in [0.3, 0.4) is 0 Å². The van der Waals surface area contributed by atoms with E-state index in [1.807, 2.05) is 0 Å². The van der Waals surface area contributed by atoms with Crippen molar-refractivity contribution in [2.24, 2.45) is 0 Å². The van der Waals surface area contributed by atoms with Gasteiger partial charge in [0.25, 0.3) is 0 Å². The molecule has 0 saturated carbocycles. The quantitative estimate of drug-likeness (QED) is 0.0263. The molecule has 0 heterocycles. The third-order valence-electron chi connectivity index (χ3n) is 11.4. The van der Waals surface area contributed by atoms with E-state index in [1.54, 1.807) is 0 Å². The molecule has 0 saturated heterocycles. The van der Waals surface area contributed by atoms with Crippen LogP contribution in [0.1, 0.15) is 278 Å². The van der Waals surface area contributed by atoms with E-state index < -0.39 is 6.10 Å². The van der Waals surface area contributed by atoms with Crippen molar-refractivity contribution in [3.8, 4) is 0 Å². The zero-order valence-electron chi connectivity index (χ0n) is 39.5. The van der Waals surface area contributed by atoms with Crippen LogP contribution in [0.4, 0.5) is 0 Å². The number of carbonyl (C=O) groups is 3. The number of allylic oxidation sites excluding steroid dienone is 4. The fourth-order valence-corrected chi connectivity index (χ4v) is 7.54. The third kappa shape index (κ3) is 46.8. The molecule has 0 aliphatic rings. The summed E-state index contributed by atoms with van der Waals surface area (Å²) in [5, 5.41) is 0. The van der Waals surface area contributed by atoms with Crippen LogP contribution in [0, 0.1) is 0 Å². The number of hydrogen-bond acceptors (Lipinski definition) is 6. The summed E-state index contributed by atoms with van der Waals surface area (Å²) in [5.74, 6) is -0.882. The van der Waals surface area contributed by atoms with Gasteiger partial charge in [-0.2, -0.15) is 0 Å². The molecule has 0 N–H and O–H groups in total. The summed E-state index contributed by atoms with van der Waals surface area (Å²) in [6.07, 6.45) is 54.7. The highest BCUT2D eigenvalue weighted by Gasteiger charge is 2.19. The van der Waals surface area contributed by atoms with E-state index in [1.165, 1.54) is 148 Å². The van der Waals surface area contributed by atoms with E-state index in [0.717, 1.165) is 89.9 Å². The second-order valence-corrected chi connectivity index (χ2v) is 17.4. The minimum absolute atomic E-state index is 0.0730. The second kappa shape index (κ2) is 48.6. The minimum Gasteiger partial charge on any atom is -0.462 e. The third-order valence-corrected chi connectivity index (χ3v) is 11.4. The van der Waals surface area contributed by atoms with Crippen LogP contribution in [-0.2, 0) is 28.6 Å². The molecule has 6 nitrogen and oxygen atoms in total. The van der Waals surface area contributed by atoms with Crippen molar-refractivity contribution in [2.75, 3.05) is 13.2 Å². The van der Waals surface area contributed by atoms with Gasteiger partial charge in [0, 0.05) is 19.3 Å². The second-order valence-electron chi connectivity index (χ2n) is 17.4. The summed E-state index contributed by atoms with van der Waals surface area (Å²) in [5.41, 5.74) is 0. The van der Waals surface area contributed by atoms with Gasteiger partial charge in [0.1, 0.15) is 13.2 Å². The maximum atomic E-state index is 12.7. The summed E-state index contributed by atoms with van der Waals surface area (Å²) in [6.45, 7) is 6.55. The first-order chi connectivity index (χ1) is 29.0. The van der Waals surface area contributed by atoms with Crippen LogP contribution in [0.15, 0.2) is 24.3 Å². The number of hydrogen-bond donors (Lipinski definition) is 0. The number of ether oxygens (including phenoxy) is 3. The van der Waals surface area contributed by atoms with Gasteiger partial charge in [-0.25, -0.2) is 0 Å². The Bertz CT molecular complexity index is 958. The Balaban J connectivity index is 4.16. The summed E-state index contributed by atoms with van der Waals surface area (Å²) in [4.78, 5) is 37.7. The molecular formula is C53H98O6. The van der Waals surface area contributed by atoms with Crippen molar-refractivity contribution in [3.05, 3.63) is 24.3 Å². The number of unbranched alkanes of at least 4 members (excludes halogenated alkanes) is 32. The monoisotopic (exact) mass is 831 g/mol. The Hall–Kier alpha value is -2.11. The highest BCUT2D eigenvalue weighted by atomic mass is 16.6. The number of carbonyl (C=O) groups excluding carboxylic acids is 3. The molecule has 0 aromatic heterocycles. The molecule has 0 rings (SSSR count). The lowest BCUT2D eigenvalue weighted by molar-refractivity contribution is -0.167. The maximum absolute atomic E-state index is 12.7. The molecule has 6 heteroatoms. The molecule has 0 spiro atoms. The molecule has 346 valence electrons. The summed E-state index contributed by atoms with van der Waals surface area (Å²) >= 11 is 0. The first-order valence-electron chi connectivity index (χ1n) is 25.8. The highest BCUT2D eigenvalue weighted by Crippen LogP contribution is 2.16. The topological polar surface area (TPSA) is 78.9 Å². The van der Waals surface area contributed by atoms with Gasteiger partial charge in [-0.15, -0.1) is 0 Å². The molecule has 0 bridgehead atoms. The predicted octanol–water partition coefficient (Wildman–Crippen LogP) is 16.8. The van der Waals surface area contributed by atoms with E-state index >= 15 is 0 Å². The van der Waals surface area contributed by atoms with Crippen LogP contribution >= 0.6 is 0 Å². The lowest BCUT2D eigenvalue weighted by atomic mass is 10.0. The van der Waals surface area contributed by atoms with Crippen molar-refractivity contribution in [3.63, 3.8) is 0 Å². The lowest BCUT2D eigenvalue weighted by Gasteiger charge is -2.18. The summed E-state index contributed by atoms with van der Waals surface area (Å²) in [7, 11) is 0. The zero-order valence-corrected chi connectivity index (χ0v) is 39.5. The minimum atomic E-state index is -0.771. The van der Waals surface area contributed by atoms with Crippen molar-refractivity contribution >= 4 is 17.9 Å². The molecule has 1 unspecified atom stereocenters. The van der Waals surface area contributed by atoms with E-state index in [0.29, 0.717) is 19.3 Å². The lowest BCUT2D eigenvalue weighted by Crippen LogP contribution is -2.30. The molecule has 0 aliphatic heterocycles. The summed E-state index contributed by atoms with van der Waals surface area (Å²) in [6, 6.07) is 0. The van der Waals surface area contributed by atoms with Crippen molar-refractivity contribution in [1.29, 1.82) is 0 Å². The predicted molar refractivity (Wildman–Crippen MR) is 252 cm³/mol. The Labute approximate surface area is 366 Å². The Morgan fingerprint density at radius 2 is 0.644 bits per heavy atom. The normalized spacial score (nSPS) is 12.1. The average Bonchev–Trinajstić information content (AvgIpc) is 3.23. The molecule has 59 heavy (non-hydrogen) atoms. The fraction of sp³-hybridized carbons (Fsp3) is 0.868. The zero-order chi connectivity index (χ0) is 43.0. The SMILES string of the molecule is CCC/C=C\C/C=C\CCCCCCCC(=O)OC(COC(=O)CCCCCCCCC)COC(=O)CCCCCCCCCCCCCCCCCCCCCCC. The largest absolute Gasteiger partial charge is 0.462 e. The molecular weight excluding hydrogens is 733 g/mol. The highest BCUT2D eigenvalue weighted by molar-refractivity contribution is 5.71. The molecule has 0 fully saturated rings. The van der Waals surface area contributed by atoms with Gasteiger partial charge < -0.3 is 14.2 Å². The van der Waals surface area contributed by atoms with Crippen molar-refractivity contribution in [2.45, 2.75) is 284 Å². The van der Waals surface area contributed by atoms with Crippen LogP contribution in [0.25, 0.3) is 0 Å². The Kier molecular flexibility index (Phi) is 46.8. The van der Waals surface area contributed by atoms with Crippen LogP contribution < -0.4 is 0 Å². The molecule has 0 amide bonds. The van der Waals surface area contributed by atoms with Gasteiger partial charge in [-0.3, -0.25) is 14.4 Å². The Morgan fingerprint density at radius 1 is 0.339 bits per heavy atom. The molecule has 0 aliphatic carbocycles. The average molecular weight is 831 g/mol. The van der Waals surface area contributed by atoms with Gasteiger partial charge >= 0.3 is 17.9 Å². The molecule has 0 aromatic rings. The first-order valence-corrected chi connectivity index (χ1v) is 25.8. The van der Waals surface area contributed by atoms with Gasteiger partial charge in [-0.1, -0.05) is 238 Å². The van der Waals surface area contributed by atoms with Crippen LogP contribution in [0.5, 0.6) is 0 Å². The van der Waals surface area contributed by atoms with Crippen LogP contribution in [-0.4, -0.2) is 37.2 Å². The number of rotatable bonds is 47. The van der Waals surface area contributed by atoms with E-state index in [4.69, 9.17) is 14.2 Å². The summed E-state index contributed by atoms with van der Waals surface area (Å²) < 4.78 is 16.7. The van der Waals surface area contributed by atoms with Gasteiger partial charge in [0.2, 0.25) is 0 Å². The van der Waals surface area contributed by atoms with Gasteiger partial charge in [0.05, 0.1) is 0 Å². The van der Waals surface area contributed by atoms with Crippen molar-refractivity contribution in [1.82, 2.24) is 0 Å². The van der Waals surface area contributed by atoms with Crippen molar-refractivity contribution < 1.29 is 28.6 Å². The number of esters is 3. The fourth-order valence-electron chi connectivity index (χ4n) is 7.54. The molecule has 0 aromatic carbocycles. The van der Waals surface area contributed by atoms with E-state index in [-0.39, 0.29) is 31.1 Å². The van der Waals surface area contributed by atoms with Gasteiger partial charge in [-0.05, 0) is 44.9 Å². The van der Waals surface area contributed by atoms with Gasteiger partial charge in [0.15, 0.2) is 6.10 Å². The maximum Gasteiger partial charge on any atom is 0.306 e. The standard InChI is InChI=1S/C53H98O6/c1-4-7-10-13-16-18-20-22-23-24-25-26-27-28-29-31-32-34-37-40-43-46-52(55)58-49-50(48-57-51(54)45-42-39-36-15-12-9-6-3)59-53(56)47-44-41-38-35-33-30-21-19-17-14-11-8-5-2/h11,14,19,21,50H,4-10,12-13,15-18,20,22-49H2,1-3H3/b14-11-,21-19-. The first kappa shape index (κ1) is 56.9. The Morgan fingerprint density at radius 3 is 1.00 bits per heavy atom. The van der Waals surface area contributed by atoms with Crippen LogP contribution in [0.2, 0.25) is 0 Å². The smallest absolute Gasteiger partial charge is 0.306 e.